The standard InChI is InChI=1S/C11H19N3O4S/c1-4-6-14(8-11(15)18-5-2)19(16,17)10-7-12-9(3)13-10/h7H,4-6,8H2,1-3H3,(H,12,13). The molecule has 0 atom stereocenters. The SMILES string of the molecule is CCCN(CC(=O)OCC)S(=O)(=O)c1cnc(C)[nH]1. The molecule has 0 aliphatic heterocycles. The summed E-state index contributed by atoms with van der Waals surface area (Å²) < 4.78 is 30.5. The maximum atomic E-state index is 12.3. The molecular weight excluding hydrogens is 270 g/mol. The Morgan fingerprint density at radius 1 is 1.47 bits per heavy atom. The molecule has 1 aromatic heterocycles. The summed E-state index contributed by atoms with van der Waals surface area (Å²) in [4.78, 5) is 18.0. The van der Waals surface area contributed by atoms with Gasteiger partial charge in [0.1, 0.15) is 12.4 Å². The molecule has 0 spiro atoms. The summed E-state index contributed by atoms with van der Waals surface area (Å²) in [5, 5.41) is -0.0113. The number of ether oxygens (including phenoxy) is 1. The van der Waals surface area contributed by atoms with Gasteiger partial charge in [-0.25, -0.2) is 13.4 Å². The van der Waals surface area contributed by atoms with E-state index in [4.69, 9.17) is 4.74 Å². The first kappa shape index (κ1) is 15.6. The largest absolute Gasteiger partial charge is 0.465 e. The van der Waals surface area contributed by atoms with E-state index in [1.165, 1.54) is 6.20 Å². The van der Waals surface area contributed by atoms with Crippen LogP contribution in [0.25, 0.3) is 0 Å². The topological polar surface area (TPSA) is 92.4 Å². The summed E-state index contributed by atoms with van der Waals surface area (Å²) >= 11 is 0. The average Bonchev–Trinajstić information content (AvgIpc) is 2.76. The lowest BCUT2D eigenvalue weighted by Gasteiger charge is -2.19. The Morgan fingerprint density at radius 3 is 2.63 bits per heavy atom. The number of H-pyrrole nitrogens is 1. The monoisotopic (exact) mass is 289 g/mol. The van der Waals surface area contributed by atoms with Gasteiger partial charge in [-0.1, -0.05) is 6.92 Å². The van der Waals surface area contributed by atoms with Crippen LogP contribution in [0.4, 0.5) is 0 Å². The van der Waals surface area contributed by atoms with E-state index >= 15 is 0 Å². The van der Waals surface area contributed by atoms with E-state index in [1.807, 2.05) is 6.92 Å². The highest BCUT2D eigenvalue weighted by Crippen LogP contribution is 2.13. The van der Waals surface area contributed by atoms with Gasteiger partial charge in [-0.2, -0.15) is 4.31 Å². The number of rotatable bonds is 7. The number of hydrogen-bond donors (Lipinski definition) is 1. The zero-order valence-electron chi connectivity index (χ0n) is 11.3. The molecule has 0 fully saturated rings. The highest BCUT2D eigenvalue weighted by molar-refractivity contribution is 7.89. The van der Waals surface area contributed by atoms with E-state index in [9.17, 15) is 13.2 Å². The van der Waals surface area contributed by atoms with Crippen molar-refractivity contribution in [3.05, 3.63) is 12.0 Å². The zero-order chi connectivity index (χ0) is 14.5. The third kappa shape index (κ3) is 4.03. The second kappa shape index (κ2) is 6.67. The molecule has 7 nitrogen and oxygen atoms in total. The van der Waals surface area contributed by atoms with Crippen molar-refractivity contribution in [2.45, 2.75) is 32.2 Å². The minimum absolute atomic E-state index is 0.0113. The summed E-state index contributed by atoms with van der Waals surface area (Å²) in [6.45, 7) is 5.36. The van der Waals surface area contributed by atoms with E-state index in [-0.39, 0.29) is 24.7 Å². The minimum atomic E-state index is -3.74. The van der Waals surface area contributed by atoms with Gasteiger partial charge in [0, 0.05) is 6.54 Å². The summed E-state index contributed by atoms with van der Waals surface area (Å²) in [5.41, 5.74) is 0. The van der Waals surface area contributed by atoms with Crippen molar-refractivity contribution in [2.24, 2.45) is 0 Å². The molecule has 0 saturated carbocycles. The number of nitrogens with one attached hydrogen (secondary N) is 1. The summed E-state index contributed by atoms with van der Waals surface area (Å²) in [7, 11) is -3.74. The number of carbonyl (C=O) groups is 1. The number of esters is 1. The summed E-state index contributed by atoms with van der Waals surface area (Å²) in [6.07, 6.45) is 1.85. The first-order chi connectivity index (χ1) is 8.91. The van der Waals surface area contributed by atoms with Crippen molar-refractivity contribution in [2.75, 3.05) is 19.7 Å². The Labute approximate surface area is 113 Å². The molecule has 0 unspecified atom stereocenters. The molecular formula is C11H19N3O4S. The number of hydrogen-bond acceptors (Lipinski definition) is 5. The number of aryl methyl sites for hydroxylation is 1. The van der Waals surface area contributed by atoms with E-state index in [0.717, 1.165) is 4.31 Å². The van der Waals surface area contributed by atoms with E-state index < -0.39 is 16.0 Å². The molecule has 1 N–H and O–H groups in total. The third-order valence-corrected chi connectivity index (χ3v) is 4.14. The molecule has 0 saturated heterocycles. The minimum Gasteiger partial charge on any atom is -0.465 e. The Balaban J connectivity index is 2.94. The van der Waals surface area contributed by atoms with Crippen LogP contribution in [0.15, 0.2) is 11.2 Å². The van der Waals surface area contributed by atoms with E-state index in [1.54, 1.807) is 13.8 Å². The molecule has 0 aliphatic rings. The Kier molecular flexibility index (Phi) is 5.49. The first-order valence-corrected chi connectivity index (χ1v) is 7.53. The Bertz CT molecular complexity index is 524. The van der Waals surface area contributed by atoms with Crippen molar-refractivity contribution >= 4 is 16.0 Å². The molecule has 108 valence electrons. The number of imidazole rings is 1. The van der Waals surface area contributed by atoms with Crippen LogP contribution >= 0.6 is 0 Å². The number of aromatic nitrogens is 2. The fourth-order valence-electron chi connectivity index (χ4n) is 1.55. The molecule has 1 aromatic rings. The fraction of sp³-hybridized carbons (Fsp3) is 0.636. The fourth-order valence-corrected chi connectivity index (χ4v) is 2.99. The maximum absolute atomic E-state index is 12.3. The number of carbonyl (C=O) groups excluding carboxylic acids is 1. The van der Waals surface area contributed by atoms with Gasteiger partial charge in [-0.05, 0) is 20.3 Å². The molecule has 0 amide bonds. The van der Waals surface area contributed by atoms with Crippen molar-refractivity contribution < 1.29 is 17.9 Å². The van der Waals surface area contributed by atoms with Gasteiger partial charge in [0.25, 0.3) is 10.0 Å². The summed E-state index contributed by atoms with van der Waals surface area (Å²) in [6, 6.07) is 0. The number of nitrogens with zero attached hydrogens (tertiary/aromatic N) is 2. The molecule has 8 heteroatoms. The van der Waals surface area contributed by atoms with E-state index in [2.05, 4.69) is 9.97 Å². The molecule has 19 heavy (non-hydrogen) atoms. The van der Waals surface area contributed by atoms with Crippen LogP contribution < -0.4 is 0 Å². The molecule has 1 heterocycles. The lowest BCUT2D eigenvalue weighted by Crippen LogP contribution is -2.37. The van der Waals surface area contributed by atoms with Crippen molar-refractivity contribution in [3.8, 4) is 0 Å². The smallest absolute Gasteiger partial charge is 0.321 e. The van der Waals surface area contributed by atoms with Gasteiger partial charge >= 0.3 is 5.97 Å². The molecule has 1 rings (SSSR count). The highest BCUT2D eigenvalue weighted by Gasteiger charge is 2.27. The maximum Gasteiger partial charge on any atom is 0.321 e. The number of aromatic amines is 1. The normalized spacial score (nSPS) is 11.8. The highest BCUT2D eigenvalue weighted by atomic mass is 32.2. The van der Waals surface area contributed by atoms with Crippen LogP contribution in [0.2, 0.25) is 0 Å². The first-order valence-electron chi connectivity index (χ1n) is 6.09. The molecule has 0 bridgehead atoms. The number of sulfonamides is 1. The third-order valence-electron chi connectivity index (χ3n) is 2.38. The van der Waals surface area contributed by atoms with Crippen molar-refractivity contribution in [1.82, 2.24) is 14.3 Å². The Morgan fingerprint density at radius 2 is 2.16 bits per heavy atom. The van der Waals surface area contributed by atoms with Crippen LogP contribution in [0.1, 0.15) is 26.1 Å². The predicted octanol–water partition coefficient (Wildman–Crippen LogP) is 0.682. The van der Waals surface area contributed by atoms with Gasteiger partial charge in [-0.3, -0.25) is 4.79 Å². The van der Waals surface area contributed by atoms with E-state index in [0.29, 0.717) is 12.2 Å². The van der Waals surface area contributed by atoms with Gasteiger partial charge in [0.05, 0.1) is 12.8 Å². The zero-order valence-corrected chi connectivity index (χ0v) is 12.2. The van der Waals surface area contributed by atoms with Crippen LogP contribution in [0, 0.1) is 6.92 Å². The van der Waals surface area contributed by atoms with Crippen LogP contribution in [-0.2, 0) is 19.6 Å². The lowest BCUT2D eigenvalue weighted by molar-refractivity contribution is -0.143. The molecule has 0 radical (unpaired) electrons. The van der Waals surface area contributed by atoms with Crippen LogP contribution in [0.5, 0.6) is 0 Å². The second-order valence-electron chi connectivity index (χ2n) is 3.98. The lowest BCUT2D eigenvalue weighted by atomic mass is 10.5. The van der Waals surface area contributed by atoms with Crippen molar-refractivity contribution in [1.29, 1.82) is 0 Å². The summed E-state index contributed by atoms with van der Waals surface area (Å²) in [5.74, 6) is -0.0538. The van der Waals surface area contributed by atoms with Gasteiger partial charge in [-0.15, -0.1) is 0 Å². The van der Waals surface area contributed by atoms with Crippen LogP contribution in [0.3, 0.4) is 0 Å². The molecule has 0 aromatic carbocycles. The van der Waals surface area contributed by atoms with Crippen molar-refractivity contribution in [3.63, 3.8) is 0 Å². The average molecular weight is 289 g/mol. The Hall–Kier alpha value is -1.41. The second-order valence-corrected chi connectivity index (χ2v) is 5.88. The molecule has 0 aliphatic carbocycles. The van der Waals surface area contributed by atoms with Gasteiger partial charge < -0.3 is 9.72 Å². The van der Waals surface area contributed by atoms with Gasteiger partial charge in [0.2, 0.25) is 0 Å². The van der Waals surface area contributed by atoms with Gasteiger partial charge in [0.15, 0.2) is 5.03 Å². The quantitative estimate of drug-likeness (QED) is 0.745. The van der Waals surface area contributed by atoms with Crippen LogP contribution in [-0.4, -0.2) is 48.4 Å². The predicted molar refractivity (Wildman–Crippen MR) is 69.0 cm³/mol.